The third-order valence-corrected chi connectivity index (χ3v) is 6.29. The first-order chi connectivity index (χ1) is 15.5. The molecule has 0 radical (unpaired) electrons. The van der Waals surface area contributed by atoms with E-state index >= 15 is 0 Å². The van der Waals surface area contributed by atoms with Crippen molar-refractivity contribution >= 4 is 17.7 Å². The smallest absolute Gasteiger partial charge is 0.305 e. The molecule has 0 unspecified atom stereocenters. The first kappa shape index (κ1) is 22.0. The zero-order valence-electron chi connectivity index (χ0n) is 18.1. The number of pyridine rings is 1. The van der Waals surface area contributed by atoms with E-state index in [1.807, 2.05) is 0 Å². The first-order valence-corrected chi connectivity index (χ1v) is 11.0. The highest BCUT2D eigenvalue weighted by atomic mass is 19.1. The molecule has 1 saturated heterocycles. The summed E-state index contributed by atoms with van der Waals surface area (Å²) in [6, 6.07) is 7.83. The molecule has 0 spiro atoms. The number of ether oxygens (including phenoxy) is 1. The molecule has 4 rings (SSSR count). The number of hydrogen-bond donors (Lipinski definition) is 2. The molecule has 0 saturated carbocycles. The molecule has 1 aromatic carbocycles. The lowest BCUT2D eigenvalue weighted by molar-refractivity contribution is -0.154. The summed E-state index contributed by atoms with van der Waals surface area (Å²) >= 11 is 0. The van der Waals surface area contributed by atoms with Crippen molar-refractivity contribution in [3.05, 3.63) is 53.0 Å². The number of nitrogens with zero attached hydrogens (tertiary/aromatic N) is 2. The Morgan fingerprint density at radius 2 is 2.22 bits per heavy atom. The van der Waals surface area contributed by atoms with Crippen molar-refractivity contribution in [3.8, 4) is 5.75 Å². The Bertz CT molecular complexity index is 1010. The number of anilines is 1. The maximum Gasteiger partial charge on any atom is 0.305 e. The monoisotopic (exact) mass is 441 g/mol. The normalized spacial score (nSPS) is 18.4. The van der Waals surface area contributed by atoms with Crippen LogP contribution in [0.2, 0.25) is 0 Å². The summed E-state index contributed by atoms with van der Waals surface area (Å²) in [4.78, 5) is 30.4. The molecule has 1 aromatic heterocycles. The average molecular weight is 442 g/mol. The number of aromatic nitrogens is 1. The van der Waals surface area contributed by atoms with Gasteiger partial charge in [-0.2, -0.15) is 0 Å². The van der Waals surface area contributed by atoms with Crippen LogP contribution in [-0.4, -0.2) is 47.1 Å². The summed E-state index contributed by atoms with van der Waals surface area (Å²) in [6.45, 7) is 1.43. The predicted molar refractivity (Wildman–Crippen MR) is 117 cm³/mol. The lowest BCUT2D eigenvalue weighted by Crippen LogP contribution is -2.54. The van der Waals surface area contributed by atoms with E-state index in [0.29, 0.717) is 12.1 Å². The molecule has 2 N–H and O–H groups in total. The Kier molecular flexibility index (Phi) is 6.58. The summed E-state index contributed by atoms with van der Waals surface area (Å²) in [5.41, 5.74) is 2.73. The predicted octanol–water partition coefficient (Wildman–Crippen LogP) is 3.58. The molecule has 2 aliphatic rings. The van der Waals surface area contributed by atoms with E-state index in [9.17, 15) is 19.1 Å². The largest absolute Gasteiger partial charge is 0.494 e. The molecule has 7 nitrogen and oxygen atoms in total. The number of aryl methyl sites for hydroxylation is 2. The van der Waals surface area contributed by atoms with Crippen molar-refractivity contribution in [3.63, 3.8) is 0 Å². The van der Waals surface area contributed by atoms with Crippen LogP contribution in [0.5, 0.6) is 5.75 Å². The van der Waals surface area contributed by atoms with Gasteiger partial charge in [-0.1, -0.05) is 12.1 Å². The molecule has 2 aromatic rings. The zero-order chi connectivity index (χ0) is 22.7. The molecule has 0 aliphatic carbocycles. The summed E-state index contributed by atoms with van der Waals surface area (Å²) in [5.74, 6) is -0.756. The Balaban J connectivity index is 1.34. The van der Waals surface area contributed by atoms with Crippen LogP contribution in [-0.2, 0) is 22.4 Å². The number of carboxylic acid groups (broad SMARTS) is 1. The molecule has 1 fully saturated rings. The summed E-state index contributed by atoms with van der Waals surface area (Å²) in [5, 5.41) is 12.7. The van der Waals surface area contributed by atoms with E-state index in [1.54, 1.807) is 11.0 Å². The minimum absolute atomic E-state index is 0.0763. The van der Waals surface area contributed by atoms with Crippen molar-refractivity contribution in [2.75, 3.05) is 25.5 Å². The van der Waals surface area contributed by atoms with E-state index in [-0.39, 0.29) is 24.0 Å². The number of β-lactam (4-membered cyclic amide) rings is 1. The van der Waals surface area contributed by atoms with Crippen LogP contribution in [0.25, 0.3) is 0 Å². The molecule has 1 amide bonds. The maximum absolute atomic E-state index is 14.2. The van der Waals surface area contributed by atoms with Crippen LogP contribution in [0.4, 0.5) is 10.2 Å². The molecule has 8 heteroatoms. The van der Waals surface area contributed by atoms with Gasteiger partial charge in [0.1, 0.15) is 5.82 Å². The van der Waals surface area contributed by atoms with Gasteiger partial charge in [-0.05, 0) is 61.4 Å². The Labute approximate surface area is 186 Å². The number of rotatable bonds is 9. The second kappa shape index (κ2) is 9.54. The van der Waals surface area contributed by atoms with Gasteiger partial charge in [-0.15, -0.1) is 0 Å². The highest BCUT2D eigenvalue weighted by Crippen LogP contribution is 2.36. The van der Waals surface area contributed by atoms with Gasteiger partial charge in [0.2, 0.25) is 5.91 Å². The van der Waals surface area contributed by atoms with Crippen molar-refractivity contribution in [1.82, 2.24) is 9.88 Å². The molecule has 170 valence electrons. The summed E-state index contributed by atoms with van der Waals surface area (Å²) in [6.07, 6.45) is 4.25. The lowest BCUT2D eigenvalue weighted by Gasteiger charge is -2.43. The fraction of sp³-hybridized carbons (Fsp3) is 0.458. The number of benzene rings is 1. The summed E-state index contributed by atoms with van der Waals surface area (Å²) < 4.78 is 19.1. The van der Waals surface area contributed by atoms with E-state index in [0.717, 1.165) is 50.2 Å². The first-order valence-electron chi connectivity index (χ1n) is 11.0. The van der Waals surface area contributed by atoms with Crippen LogP contribution >= 0.6 is 0 Å². The van der Waals surface area contributed by atoms with E-state index in [1.165, 1.54) is 24.8 Å². The highest BCUT2D eigenvalue weighted by molar-refractivity contribution is 5.85. The van der Waals surface area contributed by atoms with Gasteiger partial charge in [0.05, 0.1) is 25.5 Å². The van der Waals surface area contributed by atoms with Crippen LogP contribution in [0.1, 0.15) is 48.5 Å². The minimum Gasteiger partial charge on any atom is -0.494 e. The van der Waals surface area contributed by atoms with Gasteiger partial charge in [0, 0.05) is 18.8 Å². The Morgan fingerprint density at radius 1 is 1.38 bits per heavy atom. The zero-order valence-corrected chi connectivity index (χ0v) is 18.1. The maximum atomic E-state index is 14.2. The van der Waals surface area contributed by atoms with Crippen LogP contribution < -0.4 is 10.1 Å². The number of fused-ring (bicyclic) bond motifs is 1. The van der Waals surface area contributed by atoms with Crippen molar-refractivity contribution in [2.24, 2.45) is 5.92 Å². The number of carbonyl (C=O) groups excluding carboxylic acids is 1. The Morgan fingerprint density at radius 3 is 2.94 bits per heavy atom. The third-order valence-electron chi connectivity index (χ3n) is 6.29. The van der Waals surface area contributed by atoms with Gasteiger partial charge in [-0.25, -0.2) is 9.37 Å². The number of carboxylic acids is 1. The second-order valence-electron chi connectivity index (χ2n) is 8.43. The fourth-order valence-corrected chi connectivity index (χ4v) is 4.52. The molecule has 32 heavy (non-hydrogen) atoms. The highest BCUT2D eigenvalue weighted by Gasteiger charge is 2.41. The number of amides is 1. The number of aliphatic carboxylic acids is 1. The van der Waals surface area contributed by atoms with Crippen LogP contribution in [0.15, 0.2) is 30.3 Å². The topological polar surface area (TPSA) is 91.8 Å². The van der Waals surface area contributed by atoms with Crippen molar-refractivity contribution < 1.29 is 23.8 Å². The van der Waals surface area contributed by atoms with E-state index < -0.39 is 17.8 Å². The van der Waals surface area contributed by atoms with Gasteiger partial charge < -0.3 is 20.1 Å². The standard InChI is InChI=1S/C24H28FN3O4/c1-32-21-10-8-16(12-19(21)25)20(13-22(29)30)28-14-17(24(28)31)4-2-6-18-9-7-15-5-3-11-26-23(15)27-18/h7-10,12,17,20H,2-6,11,13-14H2,1H3,(H,26,27)(H,29,30)/t17-,20+/m1/s1. The number of carbonyl (C=O) groups is 2. The van der Waals surface area contributed by atoms with E-state index in [2.05, 4.69) is 17.4 Å². The average Bonchev–Trinajstić information content (AvgIpc) is 2.79. The number of halogens is 1. The minimum atomic E-state index is -1.03. The molecular formula is C24H28FN3O4. The molecular weight excluding hydrogens is 413 g/mol. The molecule has 0 bridgehead atoms. The van der Waals surface area contributed by atoms with Crippen LogP contribution in [0.3, 0.4) is 0 Å². The van der Waals surface area contributed by atoms with Gasteiger partial charge in [0.15, 0.2) is 11.6 Å². The SMILES string of the molecule is COc1ccc([C@H](CC(=O)O)N2C[C@@H](CCCc3ccc4c(n3)NCCC4)C2=O)cc1F. The quantitative estimate of drug-likeness (QED) is 0.578. The summed E-state index contributed by atoms with van der Waals surface area (Å²) in [7, 11) is 1.37. The third kappa shape index (κ3) is 4.69. The van der Waals surface area contributed by atoms with Crippen molar-refractivity contribution in [1.29, 1.82) is 0 Å². The number of hydrogen-bond acceptors (Lipinski definition) is 5. The van der Waals surface area contributed by atoms with E-state index in [4.69, 9.17) is 9.72 Å². The molecule has 2 aliphatic heterocycles. The van der Waals surface area contributed by atoms with Crippen molar-refractivity contribution in [2.45, 2.75) is 44.6 Å². The molecule has 3 heterocycles. The van der Waals surface area contributed by atoms with Gasteiger partial charge in [0.25, 0.3) is 0 Å². The fourth-order valence-electron chi connectivity index (χ4n) is 4.52. The number of methoxy groups -OCH3 is 1. The lowest BCUT2D eigenvalue weighted by atomic mass is 9.88. The Hall–Kier alpha value is -3.16. The second-order valence-corrected chi connectivity index (χ2v) is 8.43. The number of nitrogens with one attached hydrogen (secondary N) is 1. The van der Waals surface area contributed by atoms with Crippen LogP contribution in [0, 0.1) is 11.7 Å². The number of likely N-dealkylation sites (tertiary alicyclic amines) is 1. The molecule has 2 atom stereocenters. The van der Waals surface area contributed by atoms with Gasteiger partial charge >= 0.3 is 5.97 Å². The van der Waals surface area contributed by atoms with Gasteiger partial charge in [-0.3, -0.25) is 9.59 Å².